The summed E-state index contributed by atoms with van der Waals surface area (Å²) >= 11 is 0. The summed E-state index contributed by atoms with van der Waals surface area (Å²) in [5.41, 5.74) is 1.65. The van der Waals surface area contributed by atoms with Gasteiger partial charge in [-0.3, -0.25) is 0 Å². The molecular formula is C17H28N2O. The lowest BCUT2D eigenvalue weighted by Crippen LogP contribution is -2.44. The van der Waals surface area contributed by atoms with Gasteiger partial charge in [0.2, 0.25) is 0 Å². The van der Waals surface area contributed by atoms with Crippen LogP contribution in [-0.2, 0) is 0 Å². The lowest BCUT2D eigenvalue weighted by atomic mass is 9.75. The van der Waals surface area contributed by atoms with Gasteiger partial charge in [-0.15, -0.1) is 0 Å². The largest absolute Gasteiger partial charge is 0.495 e. The molecule has 1 heterocycles. The van der Waals surface area contributed by atoms with Gasteiger partial charge in [0, 0.05) is 13.6 Å². The van der Waals surface area contributed by atoms with Crippen molar-refractivity contribution in [2.24, 2.45) is 5.41 Å². The van der Waals surface area contributed by atoms with Gasteiger partial charge in [-0.2, -0.15) is 0 Å². The maximum Gasteiger partial charge on any atom is 0.142 e. The standard InChI is InChI=1S/C17H28N2O/c1-4-9-17(10-12-18-13-11-17)14-19(2)15-7-5-6-8-16(15)20-3/h5-8,18H,4,9-14H2,1-3H3. The average Bonchev–Trinajstić information content (AvgIpc) is 2.48. The smallest absolute Gasteiger partial charge is 0.142 e. The van der Waals surface area contributed by atoms with Crippen LogP contribution in [0, 0.1) is 5.41 Å². The number of anilines is 1. The lowest BCUT2D eigenvalue weighted by Gasteiger charge is -2.41. The van der Waals surface area contributed by atoms with Gasteiger partial charge in [0.1, 0.15) is 5.75 Å². The molecule has 1 fully saturated rings. The third-order valence-corrected chi connectivity index (χ3v) is 4.51. The summed E-state index contributed by atoms with van der Waals surface area (Å²) in [4.78, 5) is 2.37. The Labute approximate surface area is 123 Å². The predicted molar refractivity (Wildman–Crippen MR) is 85.7 cm³/mol. The number of hydrogen-bond donors (Lipinski definition) is 1. The van der Waals surface area contributed by atoms with E-state index >= 15 is 0 Å². The maximum absolute atomic E-state index is 5.49. The van der Waals surface area contributed by atoms with Gasteiger partial charge >= 0.3 is 0 Å². The van der Waals surface area contributed by atoms with Crippen molar-refractivity contribution >= 4 is 5.69 Å². The van der Waals surface area contributed by atoms with E-state index in [0.29, 0.717) is 5.41 Å². The highest BCUT2D eigenvalue weighted by Gasteiger charge is 2.32. The summed E-state index contributed by atoms with van der Waals surface area (Å²) in [6.07, 6.45) is 5.13. The molecule has 1 saturated heterocycles. The van der Waals surface area contributed by atoms with E-state index < -0.39 is 0 Å². The molecule has 1 N–H and O–H groups in total. The second-order valence-electron chi connectivity index (χ2n) is 6.03. The highest BCUT2D eigenvalue weighted by Crippen LogP contribution is 2.37. The average molecular weight is 276 g/mol. The Morgan fingerprint density at radius 1 is 1.25 bits per heavy atom. The van der Waals surface area contributed by atoms with Gasteiger partial charge in [0.25, 0.3) is 0 Å². The van der Waals surface area contributed by atoms with Crippen LogP contribution in [0.1, 0.15) is 32.6 Å². The fraction of sp³-hybridized carbons (Fsp3) is 0.647. The molecule has 1 aromatic rings. The van der Waals surface area contributed by atoms with E-state index in [9.17, 15) is 0 Å². The van der Waals surface area contributed by atoms with Crippen LogP contribution in [0.25, 0.3) is 0 Å². The Balaban J connectivity index is 2.13. The van der Waals surface area contributed by atoms with Crippen molar-refractivity contribution in [2.75, 3.05) is 38.7 Å². The topological polar surface area (TPSA) is 24.5 Å². The van der Waals surface area contributed by atoms with E-state index in [1.807, 2.05) is 12.1 Å². The summed E-state index contributed by atoms with van der Waals surface area (Å²) in [6.45, 7) is 5.72. The number of ether oxygens (including phenoxy) is 1. The third-order valence-electron chi connectivity index (χ3n) is 4.51. The third kappa shape index (κ3) is 3.45. The van der Waals surface area contributed by atoms with E-state index in [2.05, 4.69) is 36.3 Å². The van der Waals surface area contributed by atoms with Gasteiger partial charge in [-0.25, -0.2) is 0 Å². The molecule has 0 bridgehead atoms. The first kappa shape index (κ1) is 15.2. The van der Waals surface area contributed by atoms with Crippen molar-refractivity contribution < 1.29 is 4.74 Å². The Hall–Kier alpha value is -1.22. The predicted octanol–water partition coefficient (Wildman–Crippen LogP) is 3.30. The highest BCUT2D eigenvalue weighted by atomic mass is 16.5. The van der Waals surface area contributed by atoms with Crippen LogP contribution in [0.3, 0.4) is 0 Å². The number of nitrogens with zero attached hydrogens (tertiary/aromatic N) is 1. The van der Waals surface area contributed by atoms with Crippen molar-refractivity contribution in [3.05, 3.63) is 24.3 Å². The van der Waals surface area contributed by atoms with Gasteiger partial charge in [0.15, 0.2) is 0 Å². The Morgan fingerprint density at radius 3 is 2.60 bits per heavy atom. The molecule has 1 aliphatic heterocycles. The summed E-state index contributed by atoms with van der Waals surface area (Å²) in [5, 5.41) is 3.49. The fourth-order valence-electron chi connectivity index (χ4n) is 3.51. The first-order chi connectivity index (χ1) is 9.71. The van der Waals surface area contributed by atoms with Crippen LogP contribution in [0.4, 0.5) is 5.69 Å². The zero-order valence-electron chi connectivity index (χ0n) is 13.1. The maximum atomic E-state index is 5.49. The molecule has 0 atom stereocenters. The number of piperidine rings is 1. The van der Waals surface area contributed by atoms with Crippen LogP contribution in [0.5, 0.6) is 5.75 Å². The quantitative estimate of drug-likeness (QED) is 0.863. The SMILES string of the molecule is CCCC1(CN(C)c2ccccc2OC)CCNCC1. The Morgan fingerprint density at radius 2 is 1.95 bits per heavy atom. The minimum absolute atomic E-state index is 0.454. The first-order valence-electron chi connectivity index (χ1n) is 7.76. The summed E-state index contributed by atoms with van der Waals surface area (Å²) in [6, 6.07) is 8.31. The molecule has 0 aliphatic carbocycles. The Kier molecular flexibility index (Phi) is 5.30. The van der Waals surface area contributed by atoms with Crippen molar-refractivity contribution in [2.45, 2.75) is 32.6 Å². The lowest BCUT2D eigenvalue weighted by molar-refractivity contribution is 0.190. The molecule has 2 rings (SSSR count). The molecule has 3 heteroatoms. The molecule has 1 aliphatic rings. The van der Waals surface area contributed by atoms with Gasteiger partial charge in [0.05, 0.1) is 12.8 Å². The zero-order valence-corrected chi connectivity index (χ0v) is 13.1. The summed E-state index contributed by atoms with van der Waals surface area (Å²) in [7, 11) is 3.94. The summed E-state index contributed by atoms with van der Waals surface area (Å²) in [5.74, 6) is 0.968. The molecule has 0 unspecified atom stereocenters. The van der Waals surface area contributed by atoms with Gasteiger partial charge in [-0.1, -0.05) is 25.5 Å². The molecule has 0 saturated carbocycles. The zero-order chi connectivity index (χ0) is 14.4. The molecule has 0 spiro atoms. The highest BCUT2D eigenvalue weighted by molar-refractivity contribution is 5.58. The van der Waals surface area contributed by atoms with Crippen LogP contribution in [-0.4, -0.2) is 33.8 Å². The van der Waals surface area contributed by atoms with Crippen LogP contribution in [0.2, 0.25) is 0 Å². The molecule has 3 nitrogen and oxygen atoms in total. The monoisotopic (exact) mass is 276 g/mol. The normalized spacial score (nSPS) is 17.8. The first-order valence-corrected chi connectivity index (χ1v) is 7.76. The van der Waals surface area contributed by atoms with E-state index in [1.165, 1.54) is 31.4 Å². The van der Waals surface area contributed by atoms with E-state index in [1.54, 1.807) is 7.11 Å². The van der Waals surface area contributed by atoms with Crippen LogP contribution < -0.4 is 15.0 Å². The number of nitrogens with one attached hydrogen (secondary N) is 1. The summed E-state index contributed by atoms with van der Waals surface area (Å²) < 4.78 is 5.49. The minimum atomic E-state index is 0.454. The molecular weight excluding hydrogens is 248 g/mol. The Bertz CT molecular complexity index is 408. The fourth-order valence-corrected chi connectivity index (χ4v) is 3.51. The number of methoxy groups -OCH3 is 1. The number of hydrogen-bond acceptors (Lipinski definition) is 3. The van der Waals surface area contributed by atoms with E-state index in [0.717, 1.165) is 25.4 Å². The molecule has 1 aromatic carbocycles. The second-order valence-corrected chi connectivity index (χ2v) is 6.03. The van der Waals surface area contributed by atoms with Crippen molar-refractivity contribution in [3.8, 4) is 5.75 Å². The molecule has 0 aromatic heterocycles. The van der Waals surface area contributed by atoms with Crippen LogP contribution in [0.15, 0.2) is 24.3 Å². The van der Waals surface area contributed by atoms with E-state index in [-0.39, 0.29) is 0 Å². The number of benzene rings is 1. The molecule has 112 valence electrons. The van der Waals surface area contributed by atoms with Crippen molar-refractivity contribution in [3.63, 3.8) is 0 Å². The van der Waals surface area contributed by atoms with Crippen molar-refractivity contribution in [1.29, 1.82) is 0 Å². The van der Waals surface area contributed by atoms with Crippen LogP contribution >= 0.6 is 0 Å². The number of para-hydroxylation sites is 2. The number of rotatable bonds is 6. The van der Waals surface area contributed by atoms with Gasteiger partial charge < -0.3 is 15.0 Å². The molecule has 0 radical (unpaired) electrons. The molecule has 20 heavy (non-hydrogen) atoms. The second kappa shape index (κ2) is 6.98. The van der Waals surface area contributed by atoms with Crippen molar-refractivity contribution in [1.82, 2.24) is 5.32 Å². The van der Waals surface area contributed by atoms with E-state index in [4.69, 9.17) is 4.74 Å². The minimum Gasteiger partial charge on any atom is -0.495 e. The van der Waals surface area contributed by atoms with Gasteiger partial charge in [-0.05, 0) is 49.9 Å². The molecule has 0 amide bonds.